The van der Waals surface area contributed by atoms with E-state index in [0.717, 1.165) is 28.7 Å². The molecule has 0 saturated heterocycles. The molecule has 0 fully saturated rings. The number of benzene rings is 1. The second kappa shape index (κ2) is 11.4. The van der Waals surface area contributed by atoms with Gasteiger partial charge in [-0.2, -0.15) is 0 Å². The number of rotatable bonds is 10. The van der Waals surface area contributed by atoms with Crippen molar-refractivity contribution < 1.29 is 24.2 Å². The molecule has 2 unspecified atom stereocenters. The normalized spacial score (nSPS) is 20.4. The maximum atomic E-state index is 13.6. The molecular weight excluding hydrogens is 452 g/mol. The minimum atomic E-state index is -0.272. The standard InChI is InChI=1S/C31H40O5/c1-8-10-27(33)21-13-19(3)24-14-20(23(9-2)25(24)15-21)17-28(34)22-16-26(31(4,5)6)30(35-7)29(18-22)36-12-11-32/h9,13-16,18,20,25,32H,8,10-12,17H2,1-7H3. The van der Waals surface area contributed by atoms with Crippen LogP contribution in [0.4, 0.5) is 0 Å². The van der Waals surface area contributed by atoms with Gasteiger partial charge in [0.2, 0.25) is 0 Å². The van der Waals surface area contributed by atoms with Gasteiger partial charge >= 0.3 is 0 Å². The summed E-state index contributed by atoms with van der Waals surface area (Å²) in [6, 6.07) is 3.63. The second-order valence-corrected chi connectivity index (χ2v) is 10.6. The van der Waals surface area contributed by atoms with Gasteiger partial charge in [0, 0.05) is 41.4 Å². The van der Waals surface area contributed by atoms with Gasteiger partial charge in [0.05, 0.1) is 13.7 Å². The Hall–Kier alpha value is -2.92. The molecular formula is C31H40O5. The van der Waals surface area contributed by atoms with Gasteiger partial charge in [-0.3, -0.25) is 9.59 Å². The molecule has 0 spiro atoms. The first-order chi connectivity index (χ1) is 17.0. The lowest BCUT2D eigenvalue weighted by Crippen LogP contribution is -2.17. The quantitative estimate of drug-likeness (QED) is 0.306. The van der Waals surface area contributed by atoms with Crippen molar-refractivity contribution in [3.63, 3.8) is 0 Å². The topological polar surface area (TPSA) is 72.8 Å². The molecule has 2 aliphatic carbocycles. The van der Waals surface area contributed by atoms with Gasteiger partial charge in [-0.05, 0) is 55.0 Å². The molecule has 0 bridgehead atoms. The zero-order valence-corrected chi connectivity index (χ0v) is 22.7. The predicted molar refractivity (Wildman–Crippen MR) is 144 cm³/mol. The Labute approximate surface area is 215 Å². The smallest absolute Gasteiger partial charge is 0.164 e. The van der Waals surface area contributed by atoms with E-state index in [1.54, 1.807) is 13.2 Å². The molecule has 0 radical (unpaired) electrons. The Bertz CT molecular complexity index is 1140. The highest BCUT2D eigenvalue weighted by Crippen LogP contribution is 2.46. The van der Waals surface area contributed by atoms with Crippen molar-refractivity contribution in [3.05, 3.63) is 69.9 Å². The van der Waals surface area contributed by atoms with Crippen LogP contribution in [0.2, 0.25) is 0 Å². The molecule has 0 aromatic heterocycles. The highest BCUT2D eigenvalue weighted by Gasteiger charge is 2.35. The van der Waals surface area contributed by atoms with Crippen molar-refractivity contribution >= 4 is 11.6 Å². The number of hydrogen-bond acceptors (Lipinski definition) is 5. The van der Waals surface area contributed by atoms with E-state index in [-0.39, 0.29) is 42.0 Å². The first-order valence-electron chi connectivity index (χ1n) is 12.9. The van der Waals surface area contributed by atoms with Crippen molar-refractivity contribution in [3.8, 4) is 11.5 Å². The summed E-state index contributed by atoms with van der Waals surface area (Å²) in [6.45, 7) is 12.3. The lowest BCUT2D eigenvalue weighted by atomic mass is 9.81. The largest absolute Gasteiger partial charge is 0.493 e. The molecule has 2 atom stereocenters. The third kappa shape index (κ3) is 5.73. The van der Waals surface area contributed by atoms with Crippen LogP contribution in [0, 0.1) is 11.8 Å². The monoisotopic (exact) mass is 492 g/mol. The highest BCUT2D eigenvalue weighted by atomic mass is 16.5. The van der Waals surface area contributed by atoms with E-state index in [1.165, 1.54) is 5.57 Å². The highest BCUT2D eigenvalue weighted by molar-refractivity contribution is 5.99. The van der Waals surface area contributed by atoms with Gasteiger partial charge in [0.15, 0.2) is 23.1 Å². The van der Waals surface area contributed by atoms with Crippen LogP contribution in [-0.2, 0) is 10.2 Å². The van der Waals surface area contributed by atoms with Crippen LogP contribution in [0.3, 0.4) is 0 Å². The zero-order chi connectivity index (χ0) is 26.6. The van der Waals surface area contributed by atoms with E-state index >= 15 is 0 Å². The Morgan fingerprint density at radius 1 is 1.14 bits per heavy atom. The Morgan fingerprint density at radius 2 is 1.86 bits per heavy atom. The zero-order valence-electron chi connectivity index (χ0n) is 22.7. The first kappa shape index (κ1) is 27.7. The summed E-state index contributed by atoms with van der Waals surface area (Å²) in [5.74, 6) is 1.25. The number of aliphatic hydroxyl groups is 1. The number of hydrogen-bond donors (Lipinski definition) is 1. The minimum absolute atomic E-state index is 0.0183. The summed E-state index contributed by atoms with van der Waals surface area (Å²) in [5.41, 5.74) is 5.40. The summed E-state index contributed by atoms with van der Waals surface area (Å²) in [5, 5.41) is 9.27. The maximum absolute atomic E-state index is 13.6. The average molecular weight is 493 g/mol. The molecule has 0 aliphatic heterocycles. The molecule has 1 aromatic carbocycles. The van der Waals surface area contributed by atoms with E-state index < -0.39 is 0 Å². The molecule has 194 valence electrons. The molecule has 0 heterocycles. The number of aliphatic hydroxyl groups excluding tert-OH is 1. The second-order valence-electron chi connectivity index (χ2n) is 10.6. The SMILES string of the molecule is CC=C1C(CC(=O)c2cc(OCCO)c(OC)c(C(C)(C)C)c2)C=C2C(C)=CC(C(=O)CCC)=CC21. The van der Waals surface area contributed by atoms with Gasteiger partial charge in [-0.15, -0.1) is 0 Å². The van der Waals surface area contributed by atoms with Crippen molar-refractivity contribution in [2.75, 3.05) is 20.3 Å². The van der Waals surface area contributed by atoms with Crippen molar-refractivity contribution in [1.82, 2.24) is 0 Å². The van der Waals surface area contributed by atoms with Crippen LogP contribution in [0.15, 0.2) is 58.7 Å². The third-order valence-corrected chi connectivity index (χ3v) is 6.95. The molecule has 5 heteroatoms. The fourth-order valence-corrected chi connectivity index (χ4v) is 5.16. The summed E-state index contributed by atoms with van der Waals surface area (Å²) in [4.78, 5) is 26.2. The summed E-state index contributed by atoms with van der Waals surface area (Å²) in [7, 11) is 1.59. The van der Waals surface area contributed by atoms with E-state index in [2.05, 4.69) is 39.0 Å². The summed E-state index contributed by atoms with van der Waals surface area (Å²) < 4.78 is 11.4. The lowest BCUT2D eigenvalue weighted by Gasteiger charge is -2.25. The van der Waals surface area contributed by atoms with Crippen LogP contribution in [0.5, 0.6) is 11.5 Å². The van der Waals surface area contributed by atoms with Gasteiger partial charge in [0.1, 0.15) is 6.61 Å². The van der Waals surface area contributed by atoms with Gasteiger partial charge in [0.25, 0.3) is 0 Å². The Morgan fingerprint density at radius 3 is 2.44 bits per heavy atom. The molecule has 1 aromatic rings. The van der Waals surface area contributed by atoms with Gasteiger partial charge in [-0.1, -0.05) is 51.5 Å². The van der Waals surface area contributed by atoms with Crippen LogP contribution in [-0.4, -0.2) is 37.0 Å². The van der Waals surface area contributed by atoms with E-state index in [0.29, 0.717) is 29.9 Å². The maximum Gasteiger partial charge on any atom is 0.164 e. The molecule has 0 saturated carbocycles. The number of Topliss-reactive ketones (excluding diaryl/α,β-unsaturated/α-hetero) is 2. The molecule has 5 nitrogen and oxygen atoms in total. The Kier molecular flexibility index (Phi) is 8.78. The van der Waals surface area contributed by atoms with Crippen LogP contribution >= 0.6 is 0 Å². The number of methoxy groups -OCH3 is 1. The minimum Gasteiger partial charge on any atom is -0.493 e. The number of ketones is 2. The molecule has 3 rings (SSSR count). The van der Waals surface area contributed by atoms with Gasteiger partial charge in [-0.25, -0.2) is 0 Å². The Balaban J connectivity index is 1.94. The molecule has 2 aliphatic rings. The van der Waals surface area contributed by atoms with Crippen LogP contribution in [0.1, 0.15) is 76.7 Å². The predicted octanol–water partition coefficient (Wildman–Crippen LogP) is 6.31. The van der Waals surface area contributed by atoms with Crippen LogP contribution in [0.25, 0.3) is 0 Å². The van der Waals surface area contributed by atoms with Gasteiger partial charge < -0.3 is 14.6 Å². The van der Waals surface area contributed by atoms with Crippen molar-refractivity contribution in [1.29, 1.82) is 0 Å². The average Bonchev–Trinajstić information content (AvgIpc) is 3.18. The fraction of sp³-hybridized carbons (Fsp3) is 0.484. The number of carbonyl (C=O) groups is 2. The molecule has 0 amide bonds. The fourth-order valence-electron chi connectivity index (χ4n) is 5.16. The number of allylic oxidation sites excluding steroid dienone is 8. The van der Waals surface area contributed by atoms with E-state index in [9.17, 15) is 14.7 Å². The third-order valence-electron chi connectivity index (χ3n) is 6.95. The van der Waals surface area contributed by atoms with E-state index in [1.807, 2.05) is 32.9 Å². The number of ether oxygens (including phenoxy) is 2. The number of carbonyl (C=O) groups excluding carboxylic acids is 2. The summed E-state index contributed by atoms with van der Waals surface area (Å²) in [6.07, 6.45) is 10.0. The van der Waals surface area contributed by atoms with Crippen LogP contribution < -0.4 is 9.47 Å². The van der Waals surface area contributed by atoms with Crippen molar-refractivity contribution in [2.45, 2.75) is 66.2 Å². The molecule has 1 N–H and O–H groups in total. The molecule has 36 heavy (non-hydrogen) atoms. The number of fused-ring (bicyclic) bond motifs is 1. The lowest BCUT2D eigenvalue weighted by molar-refractivity contribution is -0.115. The van der Waals surface area contributed by atoms with Crippen molar-refractivity contribution in [2.24, 2.45) is 11.8 Å². The first-order valence-corrected chi connectivity index (χ1v) is 12.9. The summed E-state index contributed by atoms with van der Waals surface area (Å²) >= 11 is 0. The van der Waals surface area contributed by atoms with E-state index in [4.69, 9.17) is 9.47 Å².